The molecular weight excluding hydrogens is 320 g/mol. The number of carbonyl (C=O) groups excluding carboxylic acids is 1. The van der Waals surface area contributed by atoms with Gasteiger partial charge in [-0.3, -0.25) is 4.79 Å². The Morgan fingerprint density at radius 2 is 2.12 bits per heavy atom. The molecule has 2 aromatic rings. The second kappa shape index (κ2) is 6.97. The summed E-state index contributed by atoms with van der Waals surface area (Å²) in [5.41, 5.74) is 2.23. The summed E-state index contributed by atoms with van der Waals surface area (Å²) in [5, 5.41) is 11.8. The van der Waals surface area contributed by atoms with E-state index in [1.54, 1.807) is 6.33 Å². The Kier molecular flexibility index (Phi) is 4.94. The van der Waals surface area contributed by atoms with Crippen molar-refractivity contribution < 1.29 is 4.79 Å². The van der Waals surface area contributed by atoms with Crippen molar-refractivity contribution in [2.24, 2.45) is 7.05 Å². The van der Waals surface area contributed by atoms with Gasteiger partial charge in [0.1, 0.15) is 6.33 Å². The van der Waals surface area contributed by atoms with E-state index in [0.717, 1.165) is 30.8 Å². The molecule has 3 rings (SSSR count). The van der Waals surface area contributed by atoms with E-state index in [4.69, 9.17) is 0 Å². The van der Waals surface area contributed by atoms with Crippen LogP contribution < -0.4 is 5.32 Å². The Balaban J connectivity index is 1.76. The zero-order chi connectivity index (χ0) is 17.2. The Labute approximate surface area is 147 Å². The molecular formula is C18H24N4OS. The van der Waals surface area contributed by atoms with Gasteiger partial charge < -0.3 is 9.88 Å². The monoisotopic (exact) mass is 344 g/mol. The number of aromatic nitrogens is 3. The SMILES string of the molecule is Cc1cccc(C2(NC(=O)[C@@H](C)Sc3nncn3C)CCCC2)c1. The van der Waals surface area contributed by atoms with E-state index in [9.17, 15) is 4.79 Å². The van der Waals surface area contributed by atoms with E-state index in [1.807, 2.05) is 18.5 Å². The number of carbonyl (C=O) groups is 1. The third-order valence-corrected chi connectivity index (χ3v) is 5.86. The quantitative estimate of drug-likeness (QED) is 0.846. The highest BCUT2D eigenvalue weighted by Crippen LogP contribution is 2.39. The minimum atomic E-state index is -0.224. The Morgan fingerprint density at radius 1 is 1.38 bits per heavy atom. The van der Waals surface area contributed by atoms with Crippen LogP contribution in [0.5, 0.6) is 0 Å². The number of thioether (sulfide) groups is 1. The number of rotatable bonds is 5. The lowest BCUT2D eigenvalue weighted by Gasteiger charge is -2.32. The largest absolute Gasteiger partial charge is 0.346 e. The van der Waals surface area contributed by atoms with Crippen molar-refractivity contribution in [3.05, 3.63) is 41.7 Å². The molecule has 0 aliphatic heterocycles. The van der Waals surface area contributed by atoms with Crippen LogP contribution in [-0.2, 0) is 17.4 Å². The van der Waals surface area contributed by atoms with Crippen LogP contribution in [-0.4, -0.2) is 25.9 Å². The predicted molar refractivity (Wildman–Crippen MR) is 95.8 cm³/mol. The van der Waals surface area contributed by atoms with Gasteiger partial charge in [0.2, 0.25) is 5.91 Å². The maximum atomic E-state index is 12.8. The van der Waals surface area contributed by atoms with Gasteiger partial charge in [-0.1, -0.05) is 54.4 Å². The number of aryl methyl sites for hydroxylation is 2. The molecule has 6 heteroatoms. The zero-order valence-electron chi connectivity index (χ0n) is 14.5. The van der Waals surface area contributed by atoms with E-state index in [2.05, 4.69) is 46.7 Å². The molecule has 24 heavy (non-hydrogen) atoms. The van der Waals surface area contributed by atoms with Gasteiger partial charge in [-0.05, 0) is 32.3 Å². The first-order valence-corrected chi connectivity index (χ1v) is 9.28. The molecule has 1 N–H and O–H groups in total. The summed E-state index contributed by atoms with van der Waals surface area (Å²) in [6.07, 6.45) is 5.96. The predicted octanol–water partition coefficient (Wildman–Crippen LogP) is 3.19. The summed E-state index contributed by atoms with van der Waals surface area (Å²) >= 11 is 1.44. The van der Waals surface area contributed by atoms with Gasteiger partial charge in [-0.25, -0.2) is 0 Å². The molecule has 1 saturated carbocycles. The smallest absolute Gasteiger partial charge is 0.234 e. The second-order valence-electron chi connectivity index (χ2n) is 6.63. The van der Waals surface area contributed by atoms with Gasteiger partial charge in [0, 0.05) is 7.05 Å². The van der Waals surface area contributed by atoms with E-state index < -0.39 is 0 Å². The fraction of sp³-hybridized carbons (Fsp3) is 0.500. The second-order valence-corrected chi connectivity index (χ2v) is 7.94. The molecule has 0 saturated heterocycles. The van der Waals surface area contributed by atoms with Crippen LogP contribution in [0.2, 0.25) is 0 Å². The minimum absolute atomic E-state index is 0.0615. The van der Waals surface area contributed by atoms with Crippen LogP contribution in [0.4, 0.5) is 0 Å². The summed E-state index contributed by atoms with van der Waals surface area (Å²) in [6, 6.07) is 8.51. The fourth-order valence-electron chi connectivity index (χ4n) is 3.34. The lowest BCUT2D eigenvalue weighted by molar-refractivity contribution is -0.122. The molecule has 1 atom stereocenters. The number of amides is 1. The average molecular weight is 344 g/mol. The summed E-state index contributed by atoms with van der Waals surface area (Å²) in [6.45, 7) is 4.02. The normalized spacial score (nSPS) is 17.6. The number of hydrogen-bond acceptors (Lipinski definition) is 4. The molecule has 0 unspecified atom stereocenters. The van der Waals surface area contributed by atoms with Crippen molar-refractivity contribution in [1.82, 2.24) is 20.1 Å². The maximum Gasteiger partial charge on any atom is 0.234 e. The topological polar surface area (TPSA) is 59.8 Å². The maximum absolute atomic E-state index is 12.8. The summed E-state index contributed by atoms with van der Waals surface area (Å²) in [7, 11) is 1.89. The molecule has 1 heterocycles. The molecule has 1 amide bonds. The lowest BCUT2D eigenvalue weighted by atomic mass is 9.87. The van der Waals surface area contributed by atoms with Crippen molar-refractivity contribution in [1.29, 1.82) is 0 Å². The van der Waals surface area contributed by atoms with Crippen molar-refractivity contribution >= 4 is 17.7 Å². The Bertz CT molecular complexity index is 721. The minimum Gasteiger partial charge on any atom is -0.346 e. The van der Waals surface area contributed by atoms with E-state index >= 15 is 0 Å². The lowest BCUT2D eigenvalue weighted by Crippen LogP contribution is -2.46. The summed E-state index contributed by atoms with van der Waals surface area (Å²) in [5.74, 6) is 0.0615. The van der Waals surface area contributed by atoms with Crippen LogP contribution in [0.25, 0.3) is 0 Å². The van der Waals surface area contributed by atoms with Crippen LogP contribution in [0.1, 0.15) is 43.7 Å². The van der Waals surface area contributed by atoms with Crippen molar-refractivity contribution in [3.63, 3.8) is 0 Å². The van der Waals surface area contributed by atoms with Crippen LogP contribution in [0.3, 0.4) is 0 Å². The Hall–Kier alpha value is -1.82. The van der Waals surface area contributed by atoms with Crippen LogP contribution >= 0.6 is 11.8 Å². The van der Waals surface area contributed by atoms with Crippen LogP contribution in [0, 0.1) is 6.92 Å². The first kappa shape index (κ1) is 17.0. The fourth-order valence-corrected chi connectivity index (χ4v) is 4.13. The highest BCUT2D eigenvalue weighted by atomic mass is 32.2. The molecule has 1 aromatic heterocycles. The molecule has 0 spiro atoms. The van der Waals surface area contributed by atoms with Crippen molar-refractivity contribution in [3.8, 4) is 0 Å². The van der Waals surface area contributed by atoms with Gasteiger partial charge >= 0.3 is 0 Å². The number of benzene rings is 1. The molecule has 1 aliphatic carbocycles. The zero-order valence-corrected chi connectivity index (χ0v) is 15.3. The van der Waals surface area contributed by atoms with Crippen LogP contribution in [0.15, 0.2) is 35.7 Å². The van der Waals surface area contributed by atoms with E-state index in [-0.39, 0.29) is 16.7 Å². The van der Waals surface area contributed by atoms with E-state index in [0.29, 0.717) is 0 Å². The third kappa shape index (κ3) is 3.48. The molecule has 0 bridgehead atoms. The molecule has 1 aliphatic rings. The van der Waals surface area contributed by atoms with Gasteiger partial charge in [-0.15, -0.1) is 10.2 Å². The molecule has 0 radical (unpaired) electrons. The molecule has 5 nitrogen and oxygen atoms in total. The van der Waals surface area contributed by atoms with Crippen molar-refractivity contribution in [2.45, 2.75) is 55.5 Å². The molecule has 1 fully saturated rings. The summed E-state index contributed by atoms with van der Waals surface area (Å²) in [4.78, 5) is 12.8. The van der Waals surface area contributed by atoms with Gasteiger partial charge in [0.25, 0.3) is 0 Å². The average Bonchev–Trinajstić information content (AvgIpc) is 3.18. The highest BCUT2D eigenvalue weighted by Gasteiger charge is 2.38. The first-order chi connectivity index (χ1) is 11.5. The Morgan fingerprint density at radius 3 is 2.75 bits per heavy atom. The van der Waals surface area contributed by atoms with Crippen molar-refractivity contribution in [2.75, 3.05) is 0 Å². The van der Waals surface area contributed by atoms with E-state index in [1.165, 1.54) is 22.9 Å². The molecule has 1 aromatic carbocycles. The third-order valence-electron chi connectivity index (χ3n) is 4.71. The number of hydrogen-bond donors (Lipinski definition) is 1. The molecule has 128 valence electrons. The van der Waals surface area contributed by atoms with Gasteiger partial charge in [0.15, 0.2) is 5.16 Å². The van der Waals surface area contributed by atoms with Gasteiger partial charge in [-0.2, -0.15) is 0 Å². The number of nitrogens with one attached hydrogen (secondary N) is 1. The standard InChI is InChI=1S/C18H24N4OS/c1-13-7-6-8-15(11-13)18(9-4-5-10-18)20-16(23)14(2)24-17-21-19-12-22(17)3/h6-8,11-12,14H,4-5,9-10H2,1-3H3,(H,20,23)/t14-/m1/s1. The summed E-state index contributed by atoms with van der Waals surface area (Å²) < 4.78 is 1.83. The highest BCUT2D eigenvalue weighted by molar-refractivity contribution is 8.00. The first-order valence-electron chi connectivity index (χ1n) is 8.40. The van der Waals surface area contributed by atoms with Gasteiger partial charge in [0.05, 0.1) is 10.8 Å². The number of nitrogens with zero attached hydrogens (tertiary/aromatic N) is 3.